The van der Waals surface area contributed by atoms with Gasteiger partial charge in [-0.15, -0.1) is 0 Å². The van der Waals surface area contributed by atoms with Gasteiger partial charge in [-0.25, -0.2) is 4.79 Å². The van der Waals surface area contributed by atoms with Crippen molar-refractivity contribution in [2.75, 3.05) is 7.11 Å². The standard InChI is InChI=1S/C9H7BrO4/c1-14-7-3-2-5(4-6(7)10)8(11)9(12)13/h2-4H,1H3,(H,12,13). The topological polar surface area (TPSA) is 63.6 Å². The third-order valence-corrected chi connectivity index (χ3v) is 2.23. The van der Waals surface area contributed by atoms with Crippen LogP contribution < -0.4 is 4.74 Å². The summed E-state index contributed by atoms with van der Waals surface area (Å²) in [6, 6.07) is 4.34. The smallest absolute Gasteiger partial charge is 0.377 e. The van der Waals surface area contributed by atoms with Gasteiger partial charge in [0.05, 0.1) is 11.6 Å². The van der Waals surface area contributed by atoms with Crippen LogP contribution in [0.4, 0.5) is 0 Å². The van der Waals surface area contributed by atoms with Crippen molar-refractivity contribution in [2.45, 2.75) is 0 Å². The van der Waals surface area contributed by atoms with Gasteiger partial charge in [0, 0.05) is 5.56 Å². The van der Waals surface area contributed by atoms with E-state index in [4.69, 9.17) is 9.84 Å². The molecule has 0 bridgehead atoms. The molecule has 0 aliphatic carbocycles. The molecule has 0 heterocycles. The number of halogens is 1. The van der Waals surface area contributed by atoms with E-state index in [1.807, 2.05) is 0 Å². The first kappa shape index (κ1) is 10.7. The zero-order valence-corrected chi connectivity index (χ0v) is 8.87. The highest BCUT2D eigenvalue weighted by atomic mass is 79.9. The molecule has 0 aliphatic rings. The van der Waals surface area contributed by atoms with Crippen LogP contribution in [-0.4, -0.2) is 24.0 Å². The number of benzene rings is 1. The number of carboxylic acid groups (broad SMARTS) is 1. The Morgan fingerprint density at radius 3 is 2.50 bits per heavy atom. The summed E-state index contributed by atoms with van der Waals surface area (Å²) in [5.41, 5.74) is 0.116. The monoisotopic (exact) mass is 258 g/mol. The molecular weight excluding hydrogens is 252 g/mol. The summed E-state index contributed by atoms with van der Waals surface area (Å²) in [6.45, 7) is 0. The Labute approximate surface area is 88.6 Å². The van der Waals surface area contributed by atoms with Crippen LogP contribution in [0, 0.1) is 0 Å². The summed E-state index contributed by atoms with van der Waals surface area (Å²) in [7, 11) is 1.48. The largest absolute Gasteiger partial charge is 0.496 e. The highest BCUT2D eigenvalue weighted by Gasteiger charge is 2.15. The van der Waals surface area contributed by atoms with E-state index in [9.17, 15) is 9.59 Å². The number of aliphatic carboxylic acids is 1. The zero-order valence-electron chi connectivity index (χ0n) is 7.28. The molecule has 1 aromatic carbocycles. The molecule has 0 unspecified atom stereocenters. The number of Topliss-reactive ketones (excluding diaryl/α,β-unsaturated/α-hetero) is 1. The molecule has 0 saturated carbocycles. The van der Waals surface area contributed by atoms with Gasteiger partial charge in [-0.2, -0.15) is 0 Å². The second-order valence-corrected chi connectivity index (χ2v) is 3.34. The van der Waals surface area contributed by atoms with Crippen molar-refractivity contribution in [3.05, 3.63) is 28.2 Å². The van der Waals surface area contributed by atoms with Crippen molar-refractivity contribution < 1.29 is 19.4 Å². The number of hydrogen-bond acceptors (Lipinski definition) is 3. The molecule has 0 saturated heterocycles. The van der Waals surface area contributed by atoms with Gasteiger partial charge in [0.2, 0.25) is 0 Å². The fourth-order valence-corrected chi connectivity index (χ4v) is 1.47. The predicted octanol–water partition coefficient (Wildman–Crippen LogP) is 1.73. The molecule has 0 spiro atoms. The van der Waals surface area contributed by atoms with Crippen LogP contribution in [0.25, 0.3) is 0 Å². The van der Waals surface area contributed by atoms with Gasteiger partial charge in [0.1, 0.15) is 5.75 Å². The van der Waals surface area contributed by atoms with Crippen molar-refractivity contribution in [1.29, 1.82) is 0 Å². The van der Waals surface area contributed by atoms with Crippen LogP contribution in [0.15, 0.2) is 22.7 Å². The van der Waals surface area contributed by atoms with Gasteiger partial charge in [-0.1, -0.05) is 0 Å². The number of carbonyl (C=O) groups is 2. The molecule has 1 aromatic rings. The lowest BCUT2D eigenvalue weighted by Gasteiger charge is -2.03. The average molecular weight is 259 g/mol. The van der Waals surface area contributed by atoms with E-state index in [2.05, 4.69) is 15.9 Å². The Morgan fingerprint density at radius 2 is 2.07 bits per heavy atom. The molecule has 0 atom stereocenters. The predicted molar refractivity (Wildman–Crippen MR) is 52.7 cm³/mol. The van der Waals surface area contributed by atoms with Crippen LogP contribution in [0.5, 0.6) is 5.75 Å². The highest BCUT2D eigenvalue weighted by molar-refractivity contribution is 9.10. The normalized spacial score (nSPS) is 9.57. The van der Waals surface area contributed by atoms with Crippen LogP contribution in [-0.2, 0) is 4.79 Å². The Morgan fingerprint density at radius 1 is 1.43 bits per heavy atom. The Bertz CT molecular complexity index is 386. The fraction of sp³-hybridized carbons (Fsp3) is 0.111. The van der Waals surface area contributed by atoms with Crippen molar-refractivity contribution in [3.63, 3.8) is 0 Å². The van der Waals surface area contributed by atoms with Gasteiger partial charge in [0.15, 0.2) is 0 Å². The molecule has 0 fully saturated rings. The Balaban J connectivity index is 3.09. The summed E-state index contributed by atoms with van der Waals surface area (Å²) in [5.74, 6) is -1.86. The molecular formula is C9H7BrO4. The van der Waals surface area contributed by atoms with E-state index in [1.165, 1.54) is 25.3 Å². The first-order valence-corrected chi connectivity index (χ1v) is 4.46. The number of carboxylic acids is 1. The van der Waals surface area contributed by atoms with E-state index in [0.29, 0.717) is 10.2 Å². The second kappa shape index (κ2) is 4.23. The lowest BCUT2D eigenvalue weighted by atomic mass is 10.1. The number of ketones is 1. The zero-order chi connectivity index (χ0) is 10.7. The maximum Gasteiger partial charge on any atom is 0.377 e. The van der Waals surface area contributed by atoms with E-state index in [-0.39, 0.29) is 5.56 Å². The van der Waals surface area contributed by atoms with Gasteiger partial charge < -0.3 is 9.84 Å². The minimum absolute atomic E-state index is 0.116. The van der Waals surface area contributed by atoms with Crippen LogP contribution >= 0.6 is 15.9 Å². The second-order valence-electron chi connectivity index (χ2n) is 2.48. The van der Waals surface area contributed by atoms with Crippen LogP contribution in [0.1, 0.15) is 10.4 Å². The number of ether oxygens (including phenoxy) is 1. The summed E-state index contributed by atoms with van der Waals surface area (Å²) in [6.07, 6.45) is 0. The van der Waals surface area contributed by atoms with Gasteiger partial charge in [-0.05, 0) is 34.1 Å². The lowest BCUT2D eigenvalue weighted by molar-refractivity contribution is -0.131. The third kappa shape index (κ3) is 2.11. The molecule has 5 heteroatoms. The van der Waals surface area contributed by atoms with E-state index in [1.54, 1.807) is 0 Å². The van der Waals surface area contributed by atoms with E-state index in [0.717, 1.165) is 0 Å². The maximum absolute atomic E-state index is 11.0. The molecule has 74 valence electrons. The van der Waals surface area contributed by atoms with Crippen LogP contribution in [0.2, 0.25) is 0 Å². The molecule has 1 rings (SSSR count). The van der Waals surface area contributed by atoms with Crippen molar-refractivity contribution >= 4 is 27.7 Å². The fourth-order valence-electron chi connectivity index (χ4n) is 0.931. The van der Waals surface area contributed by atoms with E-state index >= 15 is 0 Å². The van der Waals surface area contributed by atoms with Gasteiger partial charge in [0.25, 0.3) is 5.78 Å². The highest BCUT2D eigenvalue weighted by Crippen LogP contribution is 2.25. The number of hydrogen-bond donors (Lipinski definition) is 1. The number of methoxy groups -OCH3 is 1. The Kier molecular flexibility index (Phi) is 3.24. The molecule has 0 aromatic heterocycles. The molecule has 0 amide bonds. The molecule has 0 radical (unpaired) electrons. The Hall–Kier alpha value is -1.36. The summed E-state index contributed by atoms with van der Waals surface area (Å²) in [4.78, 5) is 21.4. The third-order valence-electron chi connectivity index (χ3n) is 1.61. The molecule has 14 heavy (non-hydrogen) atoms. The molecule has 1 N–H and O–H groups in total. The summed E-state index contributed by atoms with van der Waals surface area (Å²) >= 11 is 3.15. The number of carbonyl (C=O) groups excluding carboxylic acids is 1. The minimum atomic E-state index is -1.47. The first-order chi connectivity index (χ1) is 6.56. The minimum Gasteiger partial charge on any atom is -0.496 e. The summed E-state index contributed by atoms with van der Waals surface area (Å²) < 4.78 is 5.48. The maximum atomic E-state index is 11.0. The van der Waals surface area contributed by atoms with Gasteiger partial charge >= 0.3 is 5.97 Å². The van der Waals surface area contributed by atoms with Crippen molar-refractivity contribution in [1.82, 2.24) is 0 Å². The quantitative estimate of drug-likeness (QED) is 0.663. The SMILES string of the molecule is COc1ccc(C(=O)C(=O)O)cc1Br. The van der Waals surface area contributed by atoms with Crippen molar-refractivity contribution in [2.24, 2.45) is 0 Å². The lowest BCUT2D eigenvalue weighted by Crippen LogP contribution is -2.12. The van der Waals surface area contributed by atoms with Crippen LogP contribution in [0.3, 0.4) is 0 Å². The summed E-state index contributed by atoms with van der Waals surface area (Å²) in [5, 5.41) is 8.46. The van der Waals surface area contributed by atoms with E-state index < -0.39 is 11.8 Å². The average Bonchev–Trinajstić information content (AvgIpc) is 2.16. The van der Waals surface area contributed by atoms with Gasteiger partial charge in [-0.3, -0.25) is 4.79 Å². The first-order valence-electron chi connectivity index (χ1n) is 3.67. The molecule has 4 nitrogen and oxygen atoms in total. The number of rotatable bonds is 3. The molecule has 0 aliphatic heterocycles. The van der Waals surface area contributed by atoms with Crippen molar-refractivity contribution in [3.8, 4) is 5.75 Å².